The summed E-state index contributed by atoms with van der Waals surface area (Å²) in [5, 5.41) is 7.27. The van der Waals surface area contributed by atoms with E-state index >= 15 is 0 Å². The van der Waals surface area contributed by atoms with E-state index in [1.54, 1.807) is 11.4 Å². The number of rotatable bonds is 3. The van der Waals surface area contributed by atoms with Crippen LogP contribution in [0.3, 0.4) is 0 Å². The van der Waals surface area contributed by atoms with Crippen molar-refractivity contribution in [2.75, 3.05) is 11.9 Å². The highest BCUT2D eigenvalue weighted by Gasteiger charge is 2.11. The zero-order chi connectivity index (χ0) is 10.6. The first-order valence-electron chi connectivity index (χ1n) is 4.07. The quantitative estimate of drug-likeness (QED) is 0.699. The number of amides is 3. The van der Waals surface area contributed by atoms with Gasteiger partial charge in [-0.3, -0.25) is 10.1 Å². The van der Waals surface area contributed by atoms with E-state index in [9.17, 15) is 9.59 Å². The van der Waals surface area contributed by atoms with Gasteiger partial charge < -0.3 is 11.1 Å². The van der Waals surface area contributed by atoms with E-state index < -0.39 is 5.91 Å². The van der Waals surface area contributed by atoms with E-state index in [0.29, 0.717) is 17.1 Å². The molecule has 76 valence electrons. The third-order valence-corrected chi connectivity index (χ3v) is 2.32. The van der Waals surface area contributed by atoms with Gasteiger partial charge >= 0.3 is 6.03 Å². The Labute approximate surface area is 85.3 Å². The predicted octanol–water partition coefficient (Wildman–Crippen LogP) is 0.988. The zero-order valence-corrected chi connectivity index (χ0v) is 8.48. The van der Waals surface area contributed by atoms with Crippen molar-refractivity contribution in [1.29, 1.82) is 0 Å². The summed E-state index contributed by atoms with van der Waals surface area (Å²) >= 11 is 1.26. The van der Waals surface area contributed by atoms with Crippen molar-refractivity contribution in [1.82, 2.24) is 5.32 Å². The molecule has 4 N–H and O–H groups in total. The van der Waals surface area contributed by atoms with Crippen LogP contribution in [0.5, 0.6) is 0 Å². The summed E-state index contributed by atoms with van der Waals surface area (Å²) in [6, 6.07) is 1.24. The predicted molar refractivity (Wildman–Crippen MR) is 55.5 cm³/mol. The third-order valence-electron chi connectivity index (χ3n) is 1.50. The number of nitrogens with one attached hydrogen (secondary N) is 2. The van der Waals surface area contributed by atoms with Gasteiger partial charge in [-0.05, 0) is 18.4 Å². The number of thiophene rings is 1. The Morgan fingerprint density at radius 1 is 1.57 bits per heavy atom. The maximum absolute atomic E-state index is 11.1. The lowest BCUT2D eigenvalue weighted by molar-refractivity contribution is 0.100. The van der Waals surface area contributed by atoms with Gasteiger partial charge in [0.15, 0.2) is 0 Å². The molecule has 0 bridgehead atoms. The Bertz CT molecular complexity index is 348. The summed E-state index contributed by atoms with van der Waals surface area (Å²) in [6.07, 6.45) is 0. The van der Waals surface area contributed by atoms with E-state index in [1.165, 1.54) is 11.3 Å². The molecule has 14 heavy (non-hydrogen) atoms. The molecule has 1 rings (SSSR count). The molecule has 0 fully saturated rings. The van der Waals surface area contributed by atoms with Gasteiger partial charge in [0.05, 0.1) is 5.56 Å². The Morgan fingerprint density at radius 3 is 2.86 bits per heavy atom. The van der Waals surface area contributed by atoms with Crippen molar-refractivity contribution < 1.29 is 9.59 Å². The second-order valence-electron chi connectivity index (χ2n) is 2.51. The maximum Gasteiger partial charge on any atom is 0.319 e. The molecule has 0 unspecified atom stereocenters. The molecule has 3 amide bonds. The normalized spacial score (nSPS) is 9.50. The van der Waals surface area contributed by atoms with E-state index in [1.807, 2.05) is 6.92 Å². The van der Waals surface area contributed by atoms with Gasteiger partial charge in [-0.15, -0.1) is 11.3 Å². The van der Waals surface area contributed by atoms with E-state index in [-0.39, 0.29) is 6.03 Å². The van der Waals surface area contributed by atoms with Crippen molar-refractivity contribution in [2.24, 2.45) is 5.73 Å². The molecular weight excluding hydrogens is 202 g/mol. The topological polar surface area (TPSA) is 84.2 Å². The Balaban J connectivity index is 2.71. The SMILES string of the molecule is CCNC(=O)Nc1sccc1C(N)=O. The van der Waals surface area contributed by atoms with Crippen LogP contribution < -0.4 is 16.4 Å². The van der Waals surface area contributed by atoms with Crippen LogP contribution in [0.1, 0.15) is 17.3 Å². The molecule has 0 aliphatic rings. The first kappa shape index (κ1) is 10.5. The molecule has 5 nitrogen and oxygen atoms in total. The number of hydrogen-bond donors (Lipinski definition) is 3. The van der Waals surface area contributed by atoms with Crippen LogP contribution in [0.2, 0.25) is 0 Å². The fraction of sp³-hybridized carbons (Fsp3) is 0.250. The lowest BCUT2D eigenvalue weighted by atomic mass is 10.3. The molecule has 0 radical (unpaired) electrons. The molecule has 0 saturated carbocycles. The van der Waals surface area contributed by atoms with Gasteiger partial charge in [-0.1, -0.05) is 0 Å². The molecule has 0 aromatic carbocycles. The van der Waals surface area contributed by atoms with Crippen LogP contribution in [0.15, 0.2) is 11.4 Å². The smallest absolute Gasteiger partial charge is 0.319 e. The summed E-state index contributed by atoms with van der Waals surface area (Å²) in [4.78, 5) is 22.0. The molecular formula is C8H11N3O2S. The van der Waals surface area contributed by atoms with Crippen molar-refractivity contribution in [2.45, 2.75) is 6.92 Å². The number of carbonyl (C=O) groups excluding carboxylic acids is 2. The third kappa shape index (κ3) is 2.46. The molecule has 0 aliphatic heterocycles. The average Bonchev–Trinajstić information content (AvgIpc) is 2.52. The van der Waals surface area contributed by atoms with E-state index in [4.69, 9.17) is 5.73 Å². The number of primary amides is 1. The van der Waals surface area contributed by atoms with Crippen LogP contribution >= 0.6 is 11.3 Å². The molecule has 1 heterocycles. The first-order valence-corrected chi connectivity index (χ1v) is 4.95. The fourth-order valence-electron chi connectivity index (χ4n) is 0.908. The standard InChI is InChI=1S/C8H11N3O2S/c1-2-10-8(13)11-7-5(6(9)12)3-4-14-7/h3-4H,2H2,1H3,(H2,9,12)(H2,10,11,13). The molecule has 0 aliphatic carbocycles. The number of urea groups is 1. The Morgan fingerprint density at radius 2 is 2.29 bits per heavy atom. The average molecular weight is 213 g/mol. The Hall–Kier alpha value is -1.56. The van der Waals surface area contributed by atoms with Crippen molar-refractivity contribution >= 4 is 28.3 Å². The van der Waals surface area contributed by atoms with Crippen molar-refractivity contribution in [3.8, 4) is 0 Å². The van der Waals surface area contributed by atoms with Crippen LogP contribution in [-0.2, 0) is 0 Å². The second kappa shape index (κ2) is 4.61. The van der Waals surface area contributed by atoms with Gasteiger partial charge in [0.2, 0.25) is 0 Å². The van der Waals surface area contributed by atoms with Gasteiger partial charge in [0.1, 0.15) is 5.00 Å². The molecule has 0 spiro atoms. The van der Waals surface area contributed by atoms with Gasteiger partial charge in [0, 0.05) is 6.54 Å². The summed E-state index contributed by atoms with van der Waals surface area (Å²) in [5.41, 5.74) is 5.44. The van der Waals surface area contributed by atoms with E-state index in [2.05, 4.69) is 10.6 Å². The fourth-order valence-corrected chi connectivity index (χ4v) is 1.70. The summed E-state index contributed by atoms with van der Waals surface area (Å²) in [5.74, 6) is -0.543. The highest BCUT2D eigenvalue weighted by molar-refractivity contribution is 7.14. The highest BCUT2D eigenvalue weighted by atomic mass is 32.1. The lowest BCUT2D eigenvalue weighted by Gasteiger charge is -2.04. The molecule has 0 atom stereocenters. The Kier molecular flexibility index (Phi) is 3.47. The highest BCUT2D eigenvalue weighted by Crippen LogP contribution is 2.22. The zero-order valence-electron chi connectivity index (χ0n) is 7.66. The van der Waals surface area contributed by atoms with Crippen LogP contribution in [-0.4, -0.2) is 18.5 Å². The number of hydrogen-bond acceptors (Lipinski definition) is 3. The van der Waals surface area contributed by atoms with Gasteiger partial charge in [-0.25, -0.2) is 4.79 Å². The second-order valence-corrected chi connectivity index (χ2v) is 3.43. The van der Waals surface area contributed by atoms with Crippen molar-refractivity contribution in [3.05, 3.63) is 17.0 Å². The molecule has 0 saturated heterocycles. The monoisotopic (exact) mass is 213 g/mol. The van der Waals surface area contributed by atoms with Crippen molar-refractivity contribution in [3.63, 3.8) is 0 Å². The number of anilines is 1. The minimum Gasteiger partial charge on any atom is -0.366 e. The van der Waals surface area contributed by atoms with Crippen LogP contribution in [0.4, 0.5) is 9.80 Å². The van der Waals surface area contributed by atoms with E-state index in [0.717, 1.165) is 0 Å². The number of carbonyl (C=O) groups is 2. The van der Waals surface area contributed by atoms with Gasteiger partial charge in [-0.2, -0.15) is 0 Å². The maximum atomic E-state index is 11.1. The van der Waals surface area contributed by atoms with Crippen LogP contribution in [0.25, 0.3) is 0 Å². The minimum atomic E-state index is -0.543. The van der Waals surface area contributed by atoms with Crippen LogP contribution in [0, 0.1) is 0 Å². The summed E-state index contributed by atoms with van der Waals surface area (Å²) < 4.78 is 0. The molecule has 1 aromatic rings. The first-order chi connectivity index (χ1) is 6.65. The molecule has 1 aromatic heterocycles. The summed E-state index contributed by atoms with van der Waals surface area (Å²) in [7, 11) is 0. The summed E-state index contributed by atoms with van der Waals surface area (Å²) in [6.45, 7) is 2.34. The lowest BCUT2D eigenvalue weighted by Crippen LogP contribution is -2.28. The van der Waals surface area contributed by atoms with Gasteiger partial charge in [0.25, 0.3) is 5.91 Å². The number of nitrogens with two attached hydrogens (primary N) is 1. The molecule has 6 heteroatoms. The largest absolute Gasteiger partial charge is 0.366 e. The minimum absolute atomic E-state index is 0.334.